The summed E-state index contributed by atoms with van der Waals surface area (Å²) in [5, 5.41) is 13.5. The Kier molecular flexibility index (Phi) is 1.85. The molecule has 3 nitrogen and oxygen atoms in total. The zero-order chi connectivity index (χ0) is 9.26. The largest absolute Gasteiger partial charge is 0.508 e. The fraction of sp³-hybridized carbons (Fsp3) is 0.200. The van der Waals surface area contributed by atoms with Gasteiger partial charge in [0.25, 0.3) is 0 Å². The highest BCUT2D eigenvalue weighted by molar-refractivity contribution is 5.84. The minimum Gasteiger partial charge on any atom is -0.508 e. The van der Waals surface area contributed by atoms with E-state index in [0.717, 1.165) is 23.3 Å². The maximum Gasteiger partial charge on any atom is 0.117 e. The van der Waals surface area contributed by atoms with E-state index in [1.165, 1.54) is 0 Å². The van der Waals surface area contributed by atoms with Gasteiger partial charge in [0.2, 0.25) is 0 Å². The van der Waals surface area contributed by atoms with Gasteiger partial charge in [0, 0.05) is 18.0 Å². The Hall–Kier alpha value is -1.64. The summed E-state index contributed by atoms with van der Waals surface area (Å²) in [7, 11) is 0. The smallest absolute Gasteiger partial charge is 0.117 e. The average Bonchev–Trinajstić information content (AvgIpc) is 2.46. The van der Waals surface area contributed by atoms with Crippen LogP contribution in [0, 0.1) is 0 Å². The van der Waals surface area contributed by atoms with Crippen molar-refractivity contribution in [2.75, 3.05) is 11.9 Å². The molecule has 0 radical (unpaired) electrons. The molecule has 13 heavy (non-hydrogen) atoms. The van der Waals surface area contributed by atoms with Crippen LogP contribution in [0.15, 0.2) is 24.3 Å². The van der Waals surface area contributed by atoms with Crippen molar-refractivity contribution in [3.8, 4) is 5.75 Å². The van der Waals surface area contributed by atoms with Crippen LogP contribution in [0.1, 0.15) is 6.92 Å². The fourth-order valence-corrected chi connectivity index (χ4v) is 1.40. The molecule has 0 aliphatic rings. The molecule has 0 atom stereocenters. The minimum atomic E-state index is 0.289. The number of phenols is 1. The van der Waals surface area contributed by atoms with Crippen LogP contribution in [0.25, 0.3) is 10.9 Å². The van der Waals surface area contributed by atoms with Gasteiger partial charge in [-0.3, -0.25) is 0 Å². The summed E-state index contributed by atoms with van der Waals surface area (Å²) in [5.41, 5.74) is 0.955. The lowest BCUT2D eigenvalue weighted by atomic mass is 10.2. The molecular weight excluding hydrogens is 164 g/mol. The highest BCUT2D eigenvalue weighted by Gasteiger charge is 1.99. The number of aromatic amines is 1. The maximum atomic E-state index is 9.23. The minimum absolute atomic E-state index is 0.289. The lowest BCUT2D eigenvalue weighted by Crippen LogP contribution is -1.95. The summed E-state index contributed by atoms with van der Waals surface area (Å²) < 4.78 is 0. The van der Waals surface area contributed by atoms with Crippen LogP contribution >= 0.6 is 0 Å². The Bertz CT molecular complexity index is 420. The van der Waals surface area contributed by atoms with E-state index in [9.17, 15) is 5.11 Å². The quantitative estimate of drug-likeness (QED) is 0.657. The monoisotopic (exact) mass is 176 g/mol. The van der Waals surface area contributed by atoms with Gasteiger partial charge in [-0.15, -0.1) is 0 Å². The van der Waals surface area contributed by atoms with Crippen molar-refractivity contribution in [1.29, 1.82) is 0 Å². The molecule has 0 spiro atoms. The first-order valence-corrected chi connectivity index (χ1v) is 4.35. The van der Waals surface area contributed by atoms with Crippen LogP contribution in [0.3, 0.4) is 0 Å². The van der Waals surface area contributed by atoms with Gasteiger partial charge in [-0.05, 0) is 25.1 Å². The molecular formula is C10H12N2O. The van der Waals surface area contributed by atoms with Gasteiger partial charge in [0.05, 0.1) is 5.52 Å². The number of H-pyrrole nitrogens is 1. The van der Waals surface area contributed by atoms with E-state index in [4.69, 9.17) is 0 Å². The third-order valence-corrected chi connectivity index (χ3v) is 1.97. The molecule has 0 saturated carbocycles. The summed E-state index contributed by atoms with van der Waals surface area (Å²) >= 11 is 0. The van der Waals surface area contributed by atoms with E-state index in [0.29, 0.717) is 0 Å². The summed E-state index contributed by atoms with van der Waals surface area (Å²) in [6.45, 7) is 2.93. The highest BCUT2D eigenvalue weighted by Crippen LogP contribution is 2.22. The first kappa shape index (κ1) is 7.98. The second-order valence-corrected chi connectivity index (χ2v) is 2.98. The number of anilines is 1. The molecule has 0 saturated heterocycles. The zero-order valence-corrected chi connectivity index (χ0v) is 7.46. The summed E-state index contributed by atoms with van der Waals surface area (Å²) in [6.07, 6.45) is 0. The number of aromatic nitrogens is 1. The van der Waals surface area contributed by atoms with Gasteiger partial charge >= 0.3 is 0 Å². The molecule has 68 valence electrons. The Labute approximate surface area is 76.4 Å². The van der Waals surface area contributed by atoms with Crippen LogP contribution in [-0.2, 0) is 0 Å². The summed E-state index contributed by atoms with van der Waals surface area (Å²) in [5.74, 6) is 1.28. The molecule has 0 aliphatic heterocycles. The Balaban J connectivity index is 2.49. The van der Waals surface area contributed by atoms with Crippen molar-refractivity contribution in [3.63, 3.8) is 0 Å². The van der Waals surface area contributed by atoms with Crippen molar-refractivity contribution in [2.45, 2.75) is 6.92 Å². The van der Waals surface area contributed by atoms with Crippen LogP contribution in [-0.4, -0.2) is 16.6 Å². The van der Waals surface area contributed by atoms with Crippen molar-refractivity contribution in [3.05, 3.63) is 24.3 Å². The number of rotatable bonds is 2. The number of nitrogens with one attached hydrogen (secondary N) is 2. The molecule has 0 amide bonds. The molecule has 3 heteroatoms. The molecule has 0 unspecified atom stereocenters. The lowest BCUT2D eigenvalue weighted by Gasteiger charge is -1.95. The normalized spacial score (nSPS) is 10.5. The van der Waals surface area contributed by atoms with E-state index >= 15 is 0 Å². The predicted octanol–water partition coefficient (Wildman–Crippen LogP) is 2.31. The summed E-state index contributed by atoms with van der Waals surface area (Å²) in [6, 6.07) is 7.32. The lowest BCUT2D eigenvalue weighted by molar-refractivity contribution is 0.476. The second-order valence-electron chi connectivity index (χ2n) is 2.98. The fourth-order valence-electron chi connectivity index (χ4n) is 1.40. The third kappa shape index (κ3) is 1.45. The molecule has 1 aromatic carbocycles. The predicted molar refractivity (Wildman–Crippen MR) is 54.1 cm³/mol. The van der Waals surface area contributed by atoms with Crippen LogP contribution in [0.2, 0.25) is 0 Å². The number of phenolic OH excluding ortho intramolecular Hbond substituents is 1. The van der Waals surface area contributed by atoms with E-state index in [1.54, 1.807) is 12.1 Å². The molecule has 1 heterocycles. The molecule has 0 fully saturated rings. The van der Waals surface area contributed by atoms with Gasteiger partial charge in [-0.2, -0.15) is 0 Å². The maximum absolute atomic E-state index is 9.23. The Morgan fingerprint density at radius 3 is 3.00 bits per heavy atom. The molecule has 2 aromatic rings. The Morgan fingerprint density at radius 2 is 2.23 bits per heavy atom. The summed E-state index contributed by atoms with van der Waals surface area (Å²) in [4.78, 5) is 3.17. The van der Waals surface area contributed by atoms with Gasteiger partial charge in [-0.25, -0.2) is 0 Å². The highest BCUT2D eigenvalue weighted by atomic mass is 16.3. The number of hydrogen-bond acceptors (Lipinski definition) is 2. The first-order chi connectivity index (χ1) is 6.29. The van der Waals surface area contributed by atoms with E-state index in [-0.39, 0.29) is 5.75 Å². The Morgan fingerprint density at radius 1 is 1.38 bits per heavy atom. The SMILES string of the molecule is CCNc1cc2ccc(O)cc2[nH]1. The number of fused-ring (bicyclic) bond motifs is 1. The van der Waals surface area contributed by atoms with E-state index in [2.05, 4.69) is 10.3 Å². The molecule has 1 aromatic heterocycles. The molecule has 2 rings (SSSR count). The van der Waals surface area contributed by atoms with Gasteiger partial charge in [0.15, 0.2) is 0 Å². The standard InChI is InChI=1S/C10H12N2O/c1-2-11-10-5-7-3-4-8(13)6-9(7)12-10/h3-6,11-13H,2H2,1H3. The van der Waals surface area contributed by atoms with Gasteiger partial charge in [-0.1, -0.05) is 0 Å². The van der Waals surface area contributed by atoms with Gasteiger partial charge < -0.3 is 15.4 Å². The number of hydrogen-bond donors (Lipinski definition) is 3. The van der Waals surface area contributed by atoms with Crippen molar-refractivity contribution in [2.24, 2.45) is 0 Å². The van der Waals surface area contributed by atoms with Crippen LogP contribution in [0.5, 0.6) is 5.75 Å². The topological polar surface area (TPSA) is 48.0 Å². The van der Waals surface area contributed by atoms with E-state index in [1.807, 2.05) is 19.1 Å². The van der Waals surface area contributed by atoms with Crippen LogP contribution < -0.4 is 5.32 Å². The average molecular weight is 176 g/mol. The third-order valence-electron chi connectivity index (χ3n) is 1.97. The zero-order valence-electron chi connectivity index (χ0n) is 7.46. The van der Waals surface area contributed by atoms with Crippen molar-refractivity contribution < 1.29 is 5.11 Å². The number of aromatic hydroxyl groups is 1. The van der Waals surface area contributed by atoms with Crippen molar-refractivity contribution >= 4 is 16.7 Å². The van der Waals surface area contributed by atoms with E-state index < -0.39 is 0 Å². The molecule has 0 aliphatic carbocycles. The first-order valence-electron chi connectivity index (χ1n) is 4.35. The second kappa shape index (κ2) is 3.01. The number of benzene rings is 1. The van der Waals surface area contributed by atoms with Gasteiger partial charge in [0.1, 0.15) is 11.6 Å². The molecule has 3 N–H and O–H groups in total. The molecule has 0 bridgehead atoms. The van der Waals surface area contributed by atoms with Crippen LogP contribution in [0.4, 0.5) is 5.82 Å². The van der Waals surface area contributed by atoms with Crippen molar-refractivity contribution in [1.82, 2.24) is 4.98 Å².